The van der Waals surface area contributed by atoms with Crippen molar-refractivity contribution in [3.63, 3.8) is 0 Å². The zero-order valence-electron chi connectivity index (χ0n) is 13.1. The van der Waals surface area contributed by atoms with Crippen LogP contribution in [0, 0.1) is 0 Å². The Hall–Kier alpha value is -2.67. The standard InChI is InChI=1S/C17H17N5OS/c1-18-16(23)14(11-12-7-3-2-4-8-12)24-17-20-15(21-22-17)13-9-5-6-10-19-13/h2-10,14H,11H2,1H3,(H,18,23)(H,20,21,22). The molecule has 2 heterocycles. The Bertz CT molecular complexity index is 791. The van der Waals surface area contributed by atoms with Crippen molar-refractivity contribution in [1.29, 1.82) is 0 Å². The van der Waals surface area contributed by atoms with Crippen LogP contribution in [0.2, 0.25) is 0 Å². The number of aromatic nitrogens is 4. The molecular formula is C17H17N5OS. The minimum Gasteiger partial charge on any atom is -0.358 e. The SMILES string of the molecule is CNC(=O)C(Cc1ccccc1)Sc1n[nH]c(-c2ccccn2)n1. The Labute approximate surface area is 144 Å². The van der Waals surface area contributed by atoms with Crippen molar-refractivity contribution >= 4 is 17.7 Å². The maximum absolute atomic E-state index is 12.2. The van der Waals surface area contributed by atoms with E-state index in [2.05, 4.69) is 25.5 Å². The van der Waals surface area contributed by atoms with Gasteiger partial charge in [0.05, 0.1) is 5.25 Å². The summed E-state index contributed by atoms with van der Waals surface area (Å²) in [5, 5.41) is 10.0. The van der Waals surface area contributed by atoms with Gasteiger partial charge in [0.25, 0.3) is 0 Å². The molecule has 1 amide bonds. The number of carbonyl (C=O) groups excluding carboxylic acids is 1. The molecule has 0 fully saturated rings. The Morgan fingerprint density at radius 2 is 2.00 bits per heavy atom. The lowest BCUT2D eigenvalue weighted by atomic mass is 10.1. The van der Waals surface area contributed by atoms with Gasteiger partial charge in [0, 0.05) is 13.2 Å². The van der Waals surface area contributed by atoms with E-state index in [0.717, 1.165) is 11.3 Å². The van der Waals surface area contributed by atoms with Crippen molar-refractivity contribution in [2.45, 2.75) is 16.8 Å². The number of carbonyl (C=O) groups is 1. The van der Waals surface area contributed by atoms with E-state index < -0.39 is 0 Å². The largest absolute Gasteiger partial charge is 0.358 e. The summed E-state index contributed by atoms with van der Waals surface area (Å²) < 4.78 is 0. The van der Waals surface area contributed by atoms with Crippen LogP contribution in [0.25, 0.3) is 11.5 Å². The zero-order valence-corrected chi connectivity index (χ0v) is 14.0. The fourth-order valence-corrected chi connectivity index (χ4v) is 3.22. The predicted molar refractivity (Wildman–Crippen MR) is 93.5 cm³/mol. The number of nitrogens with one attached hydrogen (secondary N) is 2. The molecule has 122 valence electrons. The molecule has 0 radical (unpaired) electrons. The zero-order chi connectivity index (χ0) is 16.8. The van der Waals surface area contributed by atoms with Crippen molar-refractivity contribution < 1.29 is 4.79 Å². The molecule has 24 heavy (non-hydrogen) atoms. The first-order chi connectivity index (χ1) is 11.8. The molecule has 0 spiro atoms. The van der Waals surface area contributed by atoms with Crippen LogP contribution in [-0.2, 0) is 11.2 Å². The average molecular weight is 339 g/mol. The molecule has 1 atom stereocenters. The quantitative estimate of drug-likeness (QED) is 0.673. The van der Waals surface area contributed by atoms with Gasteiger partial charge in [0.1, 0.15) is 5.69 Å². The number of nitrogens with zero attached hydrogens (tertiary/aromatic N) is 3. The Morgan fingerprint density at radius 3 is 2.71 bits per heavy atom. The summed E-state index contributed by atoms with van der Waals surface area (Å²) >= 11 is 1.34. The smallest absolute Gasteiger partial charge is 0.233 e. The van der Waals surface area contributed by atoms with Gasteiger partial charge in [-0.1, -0.05) is 48.2 Å². The third-order valence-electron chi connectivity index (χ3n) is 3.42. The van der Waals surface area contributed by atoms with Crippen molar-refractivity contribution in [3.8, 4) is 11.5 Å². The van der Waals surface area contributed by atoms with Crippen LogP contribution in [0.3, 0.4) is 0 Å². The number of hydrogen-bond donors (Lipinski definition) is 2. The van der Waals surface area contributed by atoms with E-state index in [0.29, 0.717) is 17.4 Å². The molecule has 3 rings (SSSR count). The lowest BCUT2D eigenvalue weighted by Crippen LogP contribution is -2.31. The maximum atomic E-state index is 12.2. The maximum Gasteiger partial charge on any atom is 0.233 e. The summed E-state index contributed by atoms with van der Waals surface area (Å²) in [4.78, 5) is 20.9. The van der Waals surface area contributed by atoms with Gasteiger partial charge in [-0.05, 0) is 24.1 Å². The lowest BCUT2D eigenvalue weighted by Gasteiger charge is -2.13. The van der Waals surface area contributed by atoms with Crippen LogP contribution < -0.4 is 5.32 Å². The van der Waals surface area contributed by atoms with Gasteiger partial charge in [0.2, 0.25) is 11.1 Å². The number of pyridine rings is 1. The summed E-state index contributed by atoms with van der Waals surface area (Å²) in [7, 11) is 1.64. The summed E-state index contributed by atoms with van der Waals surface area (Å²) in [6.07, 6.45) is 2.31. The van der Waals surface area contributed by atoms with Gasteiger partial charge >= 0.3 is 0 Å². The van der Waals surface area contributed by atoms with E-state index in [1.807, 2.05) is 48.5 Å². The fraction of sp³-hybridized carbons (Fsp3) is 0.176. The second-order valence-corrected chi connectivity index (χ2v) is 6.26. The number of hydrogen-bond acceptors (Lipinski definition) is 5. The molecule has 6 nitrogen and oxygen atoms in total. The summed E-state index contributed by atoms with van der Waals surface area (Å²) in [5.74, 6) is 0.543. The number of rotatable bonds is 6. The monoisotopic (exact) mass is 339 g/mol. The highest BCUT2D eigenvalue weighted by atomic mass is 32.2. The van der Waals surface area contributed by atoms with Gasteiger partial charge in [0.15, 0.2) is 5.82 Å². The van der Waals surface area contributed by atoms with Gasteiger partial charge in [-0.3, -0.25) is 14.9 Å². The van der Waals surface area contributed by atoms with Crippen molar-refractivity contribution in [1.82, 2.24) is 25.5 Å². The molecule has 2 aromatic heterocycles. The topological polar surface area (TPSA) is 83.6 Å². The molecule has 0 saturated carbocycles. The second-order valence-electron chi connectivity index (χ2n) is 5.09. The molecule has 0 aliphatic rings. The van der Waals surface area contributed by atoms with Crippen LogP contribution in [0.4, 0.5) is 0 Å². The van der Waals surface area contributed by atoms with Crippen molar-refractivity contribution in [2.24, 2.45) is 0 Å². The number of thioether (sulfide) groups is 1. The molecule has 1 unspecified atom stereocenters. The average Bonchev–Trinajstić information content (AvgIpc) is 3.11. The van der Waals surface area contributed by atoms with E-state index >= 15 is 0 Å². The molecule has 0 aliphatic heterocycles. The highest BCUT2D eigenvalue weighted by Gasteiger charge is 2.21. The Balaban J connectivity index is 1.75. The van der Waals surface area contributed by atoms with Crippen LogP contribution in [-0.4, -0.2) is 38.4 Å². The summed E-state index contributed by atoms with van der Waals surface area (Å²) in [6.45, 7) is 0. The van der Waals surface area contributed by atoms with Crippen LogP contribution in [0.15, 0.2) is 59.9 Å². The number of H-pyrrole nitrogens is 1. The summed E-state index contributed by atoms with van der Waals surface area (Å²) in [5.41, 5.74) is 1.82. The van der Waals surface area contributed by atoms with Gasteiger partial charge in [-0.2, -0.15) is 4.98 Å². The van der Waals surface area contributed by atoms with E-state index in [9.17, 15) is 4.79 Å². The third-order valence-corrected chi connectivity index (χ3v) is 4.48. The molecular weight excluding hydrogens is 322 g/mol. The van der Waals surface area contributed by atoms with Gasteiger partial charge in [-0.15, -0.1) is 5.10 Å². The van der Waals surface area contributed by atoms with Gasteiger partial charge in [-0.25, -0.2) is 0 Å². The Kier molecular flexibility index (Phi) is 5.22. The first-order valence-corrected chi connectivity index (χ1v) is 8.40. The van der Waals surface area contributed by atoms with E-state index in [4.69, 9.17) is 0 Å². The second kappa shape index (κ2) is 7.74. The highest BCUT2D eigenvalue weighted by Crippen LogP contribution is 2.24. The summed E-state index contributed by atoms with van der Waals surface area (Å²) in [6, 6.07) is 15.5. The fourth-order valence-electron chi connectivity index (χ4n) is 2.22. The number of benzene rings is 1. The highest BCUT2D eigenvalue weighted by molar-refractivity contribution is 8.00. The number of amides is 1. The van der Waals surface area contributed by atoms with Crippen LogP contribution >= 0.6 is 11.8 Å². The van der Waals surface area contributed by atoms with E-state index in [-0.39, 0.29) is 11.2 Å². The van der Waals surface area contributed by atoms with Gasteiger partial charge < -0.3 is 5.32 Å². The normalized spacial score (nSPS) is 11.9. The molecule has 0 saturated heterocycles. The molecule has 1 aromatic carbocycles. The van der Waals surface area contributed by atoms with Crippen molar-refractivity contribution in [2.75, 3.05) is 7.05 Å². The Morgan fingerprint density at radius 1 is 1.21 bits per heavy atom. The van der Waals surface area contributed by atoms with E-state index in [1.54, 1.807) is 13.2 Å². The first-order valence-electron chi connectivity index (χ1n) is 7.52. The number of aromatic amines is 1. The minimum atomic E-state index is -0.301. The molecule has 0 bridgehead atoms. The predicted octanol–water partition coefficient (Wildman–Crippen LogP) is 2.32. The van der Waals surface area contributed by atoms with Crippen LogP contribution in [0.5, 0.6) is 0 Å². The first kappa shape index (κ1) is 16.2. The molecule has 7 heteroatoms. The van der Waals surface area contributed by atoms with Crippen LogP contribution in [0.1, 0.15) is 5.56 Å². The molecule has 3 aromatic rings. The van der Waals surface area contributed by atoms with Crippen molar-refractivity contribution in [3.05, 3.63) is 60.3 Å². The molecule has 2 N–H and O–H groups in total. The lowest BCUT2D eigenvalue weighted by molar-refractivity contribution is -0.120. The van der Waals surface area contributed by atoms with E-state index in [1.165, 1.54) is 11.8 Å². The third kappa shape index (κ3) is 3.99. The molecule has 0 aliphatic carbocycles. The minimum absolute atomic E-state index is 0.0481.